The van der Waals surface area contributed by atoms with Crippen molar-refractivity contribution in [2.45, 2.75) is 51.6 Å². The molecule has 5 heterocycles. The zero-order valence-electron chi connectivity index (χ0n) is 19.7. The van der Waals surface area contributed by atoms with Gasteiger partial charge in [0.1, 0.15) is 11.7 Å². The van der Waals surface area contributed by atoms with Crippen molar-refractivity contribution in [1.29, 1.82) is 0 Å². The van der Waals surface area contributed by atoms with Gasteiger partial charge in [-0.05, 0) is 51.0 Å². The predicted molar refractivity (Wildman–Crippen MR) is 129 cm³/mol. The summed E-state index contributed by atoms with van der Waals surface area (Å²) in [4.78, 5) is 32.9. The Kier molecular flexibility index (Phi) is 5.93. The zero-order chi connectivity index (χ0) is 24.0. The van der Waals surface area contributed by atoms with Gasteiger partial charge >= 0.3 is 6.03 Å². The number of anilines is 1. The van der Waals surface area contributed by atoms with Crippen molar-refractivity contribution >= 4 is 22.8 Å². The number of hydrogen-bond acceptors (Lipinski definition) is 7. The van der Waals surface area contributed by atoms with Crippen molar-refractivity contribution in [3.05, 3.63) is 47.9 Å². The SMILES string of the molecule is Cc1ccc(-c2ccc3ncc4c(c3n2)N(C2CCN(C(O)C(C)O)CC2)C(=O)N(C)C4)cn1. The number of carbonyl (C=O) groups is 1. The van der Waals surface area contributed by atoms with Gasteiger partial charge in [0.05, 0.1) is 29.5 Å². The van der Waals surface area contributed by atoms with E-state index in [4.69, 9.17) is 4.98 Å². The van der Waals surface area contributed by atoms with E-state index >= 15 is 0 Å². The lowest BCUT2D eigenvalue weighted by Crippen LogP contribution is -2.55. The predicted octanol–water partition coefficient (Wildman–Crippen LogP) is 2.54. The zero-order valence-corrected chi connectivity index (χ0v) is 19.7. The highest BCUT2D eigenvalue weighted by Crippen LogP contribution is 2.37. The van der Waals surface area contributed by atoms with Crippen molar-refractivity contribution in [3.63, 3.8) is 0 Å². The van der Waals surface area contributed by atoms with E-state index in [-0.39, 0.29) is 12.1 Å². The summed E-state index contributed by atoms with van der Waals surface area (Å²) in [6.45, 7) is 5.20. The van der Waals surface area contributed by atoms with Crippen LogP contribution in [0.2, 0.25) is 0 Å². The van der Waals surface area contributed by atoms with Crippen LogP contribution in [0, 0.1) is 6.92 Å². The summed E-state index contributed by atoms with van der Waals surface area (Å²) in [5.74, 6) is 0. The highest BCUT2D eigenvalue weighted by Gasteiger charge is 2.38. The number of aromatic nitrogens is 3. The van der Waals surface area contributed by atoms with Crippen LogP contribution in [-0.2, 0) is 6.54 Å². The molecule has 3 aromatic rings. The number of nitrogens with zero attached hydrogens (tertiary/aromatic N) is 6. The molecule has 178 valence electrons. The summed E-state index contributed by atoms with van der Waals surface area (Å²) in [5.41, 5.74) is 5.89. The standard InChI is InChI=1S/C25H30N6O3/c1-15-4-5-17(12-26-15)20-6-7-21-22(28-20)23-18(13-27-21)14-29(3)25(34)31(23)19-8-10-30(11-9-19)24(33)16(2)32/h4-7,12-13,16,19,24,32-33H,8-11,14H2,1-3H3. The topological polar surface area (TPSA) is 106 Å². The van der Waals surface area contributed by atoms with E-state index in [2.05, 4.69) is 9.97 Å². The average molecular weight is 463 g/mol. The minimum atomic E-state index is -0.898. The Morgan fingerprint density at radius 2 is 1.82 bits per heavy atom. The molecular weight excluding hydrogens is 432 g/mol. The first-order chi connectivity index (χ1) is 16.3. The Balaban J connectivity index is 1.55. The number of likely N-dealkylation sites (tertiary alicyclic amines) is 1. The van der Waals surface area contributed by atoms with Gasteiger partial charge in [-0.3, -0.25) is 19.8 Å². The summed E-state index contributed by atoms with van der Waals surface area (Å²) in [6.07, 6.45) is 3.31. The fourth-order valence-electron chi connectivity index (χ4n) is 4.91. The second kappa shape index (κ2) is 8.90. The van der Waals surface area contributed by atoms with Crippen LogP contribution in [0.1, 0.15) is 31.0 Å². The van der Waals surface area contributed by atoms with Crippen LogP contribution in [0.25, 0.3) is 22.3 Å². The van der Waals surface area contributed by atoms with Crippen molar-refractivity contribution in [3.8, 4) is 11.3 Å². The Labute approximate surface area is 198 Å². The first kappa shape index (κ1) is 22.6. The molecular formula is C25H30N6O3. The van der Waals surface area contributed by atoms with Crippen LogP contribution >= 0.6 is 0 Å². The van der Waals surface area contributed by atoms with Crippen LogP contribution in [0.5, 0.6) is 0 Å². The van der Waals surface area contributed by atoms with Crippen LogP contribution in [0.4, 0.5) is 10.5 Å². The molecule has 0 spiro atoms. The number of fused-ring (bicyclic) bond motifs is 3. The third-order valence-corrected chi connectivity index (χ3v) is 6.82. The van der Waals surface area contributed by atoms with E-state index in [1.807, 2.05) is 53.4 Å². The highest BCUT2D eigenvalue weighted by atomic mass is 16.3. The molecule has 2 amide bonds. The van der Waals surface area contributed by atoms with E-state index in [0.717, 1.165) is 33.7 Å². The van der Waals surface area contributed by atoms with Gasteiger partial charge in [0, 0.05) is 55.4 Å². The normalized spacial score (nSPS) is 19.4. The second-order valence-corrected chi connectivity index (χ2v) is 9.31. The minimum Gasteiger partial charge on any atom is -0.389 e. The first-order valence-corrected chi connectivity index (χ1v) is 11.7. The number of rotatable bonds is 4. The van der Waals surface area contributed by atoms with Crippen molar-refractivity contribution in [2.75, 3.05) is 25.0 Å². The number of piperidine rings is 1. The van der Waals surface area contributed by atoms with Gasteiger partial charge in [-0.1, -0.05) is 0 Å². The summed E-state index contributed by atoms with van der Waals surface area (Å²) in [6, 6.07) is 7.74. The van der Waals surface area contributed by atoms with E-state index in [1.165, 1.54) is 0 Å². The molecule has 2 N–H and O–H groups in total. The summed E-state index contributed by atoms with van der Waals surface area (Å²) in [7, 11) is 1.80. The molecule has 1 fully saturated rings. The second-order valence-electron chi connectivity index (χ2n) is 9.31. The lowest BCUT2D eigenvalue weighted by atomic mass is 9.99. The molecule has 0 radical (unpaired) electrons. The number of aliphatic hydroxyl groups is 2. The average Bonchev–Trinajstić information content (AvgIpc) is 2.84. The van der Waals surface area contributed by atoms with Crippen molar-refractivity contribution in [2.24, 2.45) is 0 Å². The molecule has 2 unspecified atom stereocenters. The molecule has 9 nitrogen and oxygen atoms in total. The first-order valence-electron chi connectivity index (χ1n) is 11.7. The Hall–Kier alpha value is -3.14. The number of hydrogen-bond donors (Lipinski definition) is 2. The number of pyridine rings is 3. The quantitative estimate of drug-likeness (QED) is 0.614. The van der Waals surface area contributed by atoms with Crippen molar-refractivity contribution in [1.82, 2.24) is 24.8 Å². The maximum atomic E-state index is 13.4. The molecule has 2 aliphatic heterocycles. The molecule has 0 bridgehead atoms. The summed E-state index contributed by atoms with van der Waals surface area (Å²) in [5, 5.41) is 20.0. The van der Waals surface area contributed by atoms with Crippen LogP contribution < -0.4 is 4.90 Å². The van der Waals surface area contributed by atoms with Crippen LogP contribution in [-0.4, -0.2) is 79.5 Å². The van der Waals surface area contributed by atoms with Gasteiger partial charge in [-0.2, -0.15) is 0 Å². The summed E-state index contributed by atoms with van der Waals surface area (Å²) < 4.78 is 0. The van der Waals surface area contributed by atoms with E-state index in [0.29, 0.717) is 38.0 Å². The van der Waals surface area contributed by atoms with Crippen molar-refractivity contribution < 1.29 is 15.0 Å². The van der Waals surface area contributed by atoms with Gasteiger partial charge in [-0.25, -0.2) is 9.78 Å². The van der Waals surface area contributed by atoms with E-state index in [9.17, 15) is 15.0 Å². The summed E-state index contributed by atoms with van der Waals surface area (Å²) >= 11 is 0. The lowest BCUT2D eigenvalue weighted by molar-refractivity contribution is -0.0835. The largest absolute Gasteiger partial charge is 0.389 e. The molecule has 2 aliphatic rings. The molecule has 0 aliphatic carbocycles. The Morgan fingerprint density at radius 1 is 1.06 bits per heavy atom. The number of aryl methyl sites for hydroxylation is 1. The molecule has 1 saturated heterocycles. The lowest BCUT2D eigenvalue weighted by Gasteiger charge is -2.44. The number of amides is 2. The highest BCUT2D eigenvalue weighted by molar-refractivity contribution is 6.04. The molecule has 0 aromatic carbocycles. The third-order valence-electron chi connectivity index (χ3n) is 6.82. The monoisotopic (exact) mass is 462 g/mol. The van der Waals surface area contributed by atoms with Gasteiger partial charge < -0.3 is 15.1 Å². The van der Waals surface area contributed by atoms with Gasteiger partial charge in [0.15, 0.2) is 0 Å². The maximum absolute atomic E-state index is 13.4. The smallest absolute Gasteiger partial charge is 0.324 e. The Morgan fingerprint density at radius 3 is 2.50 bits per heavy atom. The van der Waals surface area contributed by atoms with Gasteiger partial charge in [0.2, 0.25) is 0 Å². The molecule has 5 rings (SSSR count). The maximum Gasteiger partial charge on any atom is 0.324 e. The molecule has 34 heavy (non-hydrogen) atoms. The van der Waals surface area contributed by atoms with Crippen LogP contribution in [0.15, 0.2) is 36.7 Å². The van der Waals surface area contributed by atoms with E-state index in [1.54, 1.807) is 18.9 Å². The molecule has 2 atom stereocenters. The molecule has 3 aromatic heterocycles. The Bertz CT molecular complexity index is 1210. The van der Waals surface area contributed by atoms with Gasteiger partial charge in [0.25, 0.3) is 0 Å². The number of urea groups is 1. The van der Waals surface area contributed by atoms with Crippen LogP contribution in [0.3, 0.4) is 0 Å². The third kappa shape index (κ3) is 4.00. The fraction of sp³-hybridized carbons (Fsp3) is 0.440. The number of carbonyl (C=O) groups excluding carboxylic acids is 1. The van der Waals surface area contributed by atoms with E-state index < -0.39 is 12.3 Å². The number of aliphatic hydroxyl groups excluding tert-OH is 2. The molecule has 9 heteroatoms. The fourth-order valence-corrected chi connectivity index (χ4v) is 4.91. The van der Waals surface area contributed by atoms with Gasteiger partial charge in [-0.15, -0.1) is 0 Å². The minimum absolute atomic E-state index is 0.0384. The molecule has 0 saturated carbocycles.